The van der Waals surface area contributed by atoms with Crippen molar-refractivity contribution in [1.82, 2.24) is 15.0 Å². The molecule has 0 aliphatic rings. The third-order valence-electron chi connectivity index (χ3n) is 2.74. The molecule has 0 radical (unpaired) electrons. The lowest BCUT2D eigenvalue weighted by molar-refractivity contribution is 0.601. The molecule has 20 heavy (non-hydrogen) atoms. The highest BCUT2D eigenvalue weighted by Crippen LogP contribution is 2.19. The molecule has 6 nitrogen and oxygen atoms in total. The molecule has 0 fully saturated rings. The summed E-state index contributed by atoms with van der Waals surface area (Å²) in [7, 11) is -3.67. The first-order valence-corrected chi connectivity index (χ1v) is 7.26. The average molecular weight is 286 g/mol. The van der Waals surface area contributed by atoms with E-state index in [-0.39, 0.29) is 10.7 Å². The minimum atomic E-state index is -3.67. The summed E-state index contributed by atoms with van der Waals surface area (Å²) >= 11 is 0. The zero-order valence-electron chi connectivity index (χ0n) is 10.3. The predicted octanol–water partition coefficient (Wildman–Crippen LogP) is 1.83. The quantitative estimate of drug-likeness (QED) is 0.794. The molecule has 100 valence electrons. The zero-order chi connectivity index (χ0) is 14.0. The fourth-order valence-electron chi connectivity index (χ4n) is 1.78. The predicted molar refractivity (Wildman–Crippen MR) is 74.6 cm³/mol. The van der Waals surface area contributed by atoms with Crippen LogP contribution in [0.15, 0.2) is 60.1 Å². The summed E-state index contributed by atoms with van der Waals surface area (Å²) in [6, 6.07) is 8.10. The second-order valence-electron chi connectivity index (χ2n) is 4.08. The highest BCUT2D eigenvalue weighted by molar-refractivity contribution is 7.92. The van der Waals surface area contributed by atoms with Gasteiger partial charge in [0.25, 0.3) is 10.0 Å². The van der Waals surface area contributed by atoms with Crippen molar-refractivity contribution >= 4 is 26.6 Å². The van der Waals surface area contributed by atoms with Crippen LogP contribution >= 0.6 is 0 Å². The maximum absolute atomic E-state index is 12.3. The molecule has 3 rings (SSSR count). The average Bonchev–Trinajstić information content (AvgIpc) is 2.47. The summed E-state index contributed by atoms with van der Waals surface area (Å²) in [4.78, 5) is 11.7. The Morgan fingerprint density at radius 2 is 1.80 bits per heavy atom. The number of sulfonamides is 1. The van der Waals surface area contributed by atoms with Crippen LogP contribution in [0.4, 0.5) is 5.82 Å². The van der Waals surface area contributed by atoms with Crippen molar-refractivity contribution < 1.29 is 8.42 Å². The lowest BCUT2D eigenvalue weighted by Gasteiger charge is -2.07. The first kappa shape index (κ1) is 12.5. The van der Waals surface area contributed by atoms with Gasteiger partial charge in [-0.15, -0.1) is 0 Å². The van der Waals surface area contributed by atoms with Gasteiger partial charge in [-0.05, 0) is 29.7 Å². The molecule has 0 saturated carbocycles. The van der Waals surface area contributed by atoms with Crippen LogP contribution in [0.1, 0.15) is 0 Å². The topological polar surface area (TPSA) is 84.8 Å². The van der Waals surface area contributed by atoms with E-state index in [1.54, 1.807) is 30.6 Å². The van der Waals surface area contributed by atoms with Crippen molar-refractivity contribution in [1.29, 1.82) is 0 Å². The van der Waals surface area contributed by atoms with Crippen molar-refractivity contribution in [2.75, 3.05) is 4.72 Å². The monoisotopic (exact) mass is 286 g/mol. The van der Waals surface area contributed by atoms with E-state index in [4.69, 9.17) is 0 Å². The lowest BCUT2D eigenvalue weighted by atomic mass is 10.2. The van der Waals surface area contributed by atoms with Gasteiger partial charge in [0.1, 0.15) is 12.1 Å². The Morgan fingerprint density at radius 1 is 0.950 bits per heavy atom. The molecule has 0 bridgehead atoms. The molecular weight excluding hydrogens is 276 g/mol. The standard InChI is InChI=1S/C13H10N4O2S/c18-20(19,17-13-4-6-15-9-16-13)12-2-1-11-8-14-5-3-10(11)7-12/h1-9H,(H,15,16,17). The van der Waals surface area contributed by atoms with E-state index in [1.807, 2.05) is 0 Å². The van der Waals surface area contributed by atoms with E-state index in [9.17, 15) is 8.42 Å². The molecule has 0 aliphatic carbocycles. The fraction of sp³-hybridized carbons (Fsp3) is 0. The third-order valence-corrected chi connectivity index (χ3v) is 4.10. The molecule has 2 heterocycles. The summed E-state index contributed by atoms with van der Waals surface area (Å²) in [5.74, 6) is 0.231. The number of fused-ring (bicyclic) bond motifs is 1. The normalized spacial score (nSPS) is 11.4. The number of hydrogen-bond donors (Lipinski definition) is 1. The van der Waals surface area contributed by atoms with E-state index in [1.165, 1.54) is 24.7 Å². The van der Waals surface area contributed by atoms with Crippen LogP contribution < -0.4 is 4.72 Å². The van der Waals surface area contributed by atoms with Crippen LogP contribution in [-0.4, -0.2) is 23.4 Å². The number of pyridine rings is 1. The second kappa shape index (κ2) is 4.86. The van der Waals surface area contributed by atoms with E-state index in [2.05, 4.69) is 19.7 Å². The van der Waals surface area contributed by atoms with Gasteiger partial charge < -0.3 is 0 Å². The van der Waals surface area contributed by atoms with Gasteiger partial charge in [-0.25, -0.2) is 18.4 Å². The van der Waals surface area contributed by atoms with Gasteiger partial charge in [0.15, 0.2) is 0 Å². The maximum atomic E-state index is 12.3. The van der Waals surface area contributed by atoms with Crippen LogP contribution in [0, 0.1) is 0 Å². The van der Waals surface area contributed by atoms with Crippen molar-refractivity contribution in [2.45, 2.75) is 4.90 Å². The van der Waals surface area contributed by atoms with Gasteiger partial charge in [-0.3, -0.25) is 9.71 Å². The first-order valence-electron chi connectivity index (χ1n) is 5.78. The first-order chi connectivity index (χ1) is 9.65. The molecule has 2 aromatic heterocycles. The number of anilines is 1. The van der Waals surface area contributed by atoms with Crippen LogP contribution in [0.5, 0.6) is 0 Å². The summed E-state index contributed by atoms with van der Waals surface area (Å²) in [5.41, 5.74) is 0. The Labute approximate surface area is 115 Å². The van der Waals surface area contributed by atoms with Gasteiger partial charge in [0.05, 0.1) is 4.90 Å². The molecule has 0 saturated heterocycles. The summed E-state index contributed by atoms with van der Waals surface area (Å²) in [6.45, 7) is 0. The molecule has 0 amide bonds. The van der Waals surface area contributed by atoms with Crippen LogP contribution in [0.3, 0.4) is 0 Å². The lowest BCUT2D eigenvalue weighted by Crippen LogP contribution is -2.13. The van der Waals surface area contributed by atoms with Crippen LogP contribution in [0.25, 0.3) is 10.8 Å². The van der Waals surface area contributed by atoms with Gasteiger partial charge >= 0.3 is 0 Å². The highest BCUT2D eigenvalue weighted by Gasteiger charge is 2.15. The van der Waals surface area contributed by atoms with E-state index in [0.717, 1.165) is 10.8 Å². The van der Waals surface area contributed by atoms with Crippen LogP contribution in [-0.2, 0) is 10.0 Å². The highest BCUT2D eigenvalue weighted by atomic mass is 32.2. The Kier molecular flexibility index (Phi) is 3.03. The largest absolute Gasteiger partial charge is 0.264 e. The molecule has 1 N–H and O–H groups in total. The molecule has 0 spiro atoms. The molecule has 0 unspecified atom stereocenters. The van der Waals surface area contributed by atoms with Gasteiger partial charge in [0, 0.05) is 24.0 Å². The molecule has 7 heteroatoms. The van der Waals surface area contributed by atoms with E-state index in [0.29, 0.717) is 0 Å². The SMILES string of the molecule is O=S(=O)(Nc1ccncn1)c1ccc2cnccc2c1. The number of benzene rings is 1. The Hall–Kier alpha value is -2.54. The molecular formula is C13H10N4O2S. The maximum Gasteiger partial charge on any atom is 0.263 e. The zero-order valence-corrected chi connectivity index (χ0v) is 11.1. The third kappa shape index (κ3) is 2.43. The van der Waals surface area contributed by atoms with Crippen molar-refractivity contribution in [3.8, 4) is 0 Å². The summed E-state index contributed by atoms with van der Waals surface area (Å²) in [5, 5.41) is 1.69. The molecule has 0 atom stereocenters. The molecule has 3 aromatic rings. The molecule has 0 aliphatic heterocycles. The Bertz CT molecular complexity index is 850. The Balaban J connectivity index is 2.01. The minimum Gasteiger partial charge on any atom is -0.264 e. The van der Waals surface area contributed by atoms with Crippen molar-refractivity contribution in [2.24, 2.45) is 0 Å². The summed E-state index contributed by atoms with van der Waals surface area (Å²) < 4.78 is 26.9. The number of hydrogen-bond acceptors (Lipinski definition) is 5. The fourth-order valence-corrected chi connectivity index (χ4v) is 2.82. The van der Waals surface area contributed by atoms with Gasteiger partial charge in [0.2, 0.25) is 0 Å². The van der Waals surface area contributed by atoms with E-state index < -0.39 is 10.0 Å². The van der Waals surface area contributed by atoms with Crippen molar-refractivity contribution in [3.05, 3.63) is 55.2 Å². The number of rotatable bonds is 3. The minimum absolute atomic E-state index is 0.176. The van der Waals surface area contributed by atoms with E-state index >= 15 is 0 Å². The second-order valence-corrected chi connectivity index (χ2v) is 5.77. The molecule has 1 aromatic carbocycles. The smallest absolute Gasteiger partial charge is 0.263 e. The summed E-state index contributed by atoms with van der Waals surface area (Å²) in [6.07, 6.45) is 6.06. The van der Waals surface area contributed by atoms with Gasteiger partial charge in [-0.1, -0.05) is 6.07 Å². The van der Waals surface area contributed by atoms with Crippen molar-refractivity contribution in [3.63, 3.8) is 0 Å². The number of nitrogens with zero attached hydrogens (tertiary/aromatic N) is 3. The van der Waals surface area contributed by atoms with Gasteiger partial charge in [-0.2, -0.15) is 0 Å². The number of aromatic nitrogens is 3. The Morgan fingerprint density at radius 3 is 2.60 bits per heavy atom. The van der Waals surface area contributed by atoms with Crippen LogP contribution in [0.2, 0.25) is 0 Å². The number of nitrogens with one attached hydrogen (secondary N) is 1.